The lowest BCUT2D eigenvalue weighted by atomic mass is 10.1. The van der Waals surface area contributed by atoms with E-state index in [4.69, 9.17) is 0 Å². The van der Waals surface area contributed by atoms with Gasteiger partial charge in [0.05, 0.1) is 11.2 Å². The van der Waals surface area contributed by atoms with Crippen LogP contribution in [-0.4, -0.2) is 24.5 Å². The maximum Gasteiger partial charge on any atom is 0.228 e. The van der Waals surface area contributed by atoms with Crippen molar-refractivity contribution in [1.82, 2.24) is 10.3 Å². The van der Waals surface area contributed by atoms with Crippen LogP contribution in [0.4, 0.5) is 5.69 Å². The molecule has 0 saturated carbocycles. The van der Waals surface area contributed by atoms with E-state index >= 15 is 0 Å². The highest BCUT2D eigenvalue weighted by Crippen LogP contribution is 2.24. The topological polar surface area (TPSA) is 54.0 Å². The number of nitrogens with zero attached hydrogens (tertiary/aromatic N) is 1. The molecule has 0 bridgehead atoms. The van der Waals surface area contributed by atoms with Gasteiger partial charge in [0, 0.05) is 28.5 Å². The first-order valence-corrected chi connectivity index (χ1v) is 6.91. The van der Waals surface area contributed by atoms with Crippen LogP contribution in [0.2, 0.25) is 0 Å². The number of carbonyl (C=O) groups is 1. The Balaban J connectivity index is 2.28. The maximum atomic E-state index is 12.0. The van der Waals surface area contributed by atoms with E-state index in [0.717, 1.165) is 21.1 Å². The first kappa shape index (κ1) is 14.0. The summed E-state index contributed by atoms with van der Waals surface area (Å²) in [5.41, 5.74) is 1.55. The summed E-state index contributed by atoms with van der Waals surface area (Å²) in [6.07, 6.45) is 1.73. The molecule has 0 fully saturated rings. The highest BCUT2D eigenvalue weighted by Gasteiger charge is 2.13. The van der Waals surface area contributed by atoms with Gasteiger partial charge in [0.2, 0.25) is 5.91 Å². The molecule has 1 atom stereocenters. The molecule has 1 heterocycles. The summed E-state index contributed by atoms with van der Waals surface area (Å²) in [6, 6.07) is 7.73. The molecule has 0 spiro atoms. The molecule has 0 aliphatic rings. The van der Waals surface area contributed by atoms with Crippen LogP contribution in [-0.2, 0) is 4.79 Å². The number of halogens is 1. The van der Waals surface area contributed by atoms with Gasteiger partial charge in [-0.3, -0.25) is 9.78 Å². The van der Waals surface area contributed by atoms with Crippen LogP contribution in [0.25, 0.3) is 10.9 Å². The molecule has 1 unspecified atom stereocenters. The second kappa shape index (κ2) is 6.12. The molecule has 4 nitrogen and oxygen atoms in total. The lowest BCUT2D eigenvalue weighted by Crippen LogP contribution is -2.28. The molecule has 0 saturated heterocycles. The van der Waals surface area contributed by atoms with E-state index in [-0.39, 0.29) is 11.8 Å². The minimum Gasteiger partial charge on any atom is -0.324 e. The number of carbonyl (C=O) groups excluding carboxylic acids is 1. The highest BCUT2D eigenvalue weighted by molar-refractivity contribution is 9.10. The standard InChI is InChI=1S/C14H16BrN3O/c1-9(7-16-2)14(19)18-12-5-3-4-10-6-11(15)8-17-13(10)12/h3-6,8-9,16H,7H2,1-2H3,(H,18,19). The van der Waals surface area contributed by atoms with Crippen LogP contribution >= 0.6 is 15.9 Å². The Kier molecular flexibility index (Phi) is 4.50. The fourth-order valence-electron chi connectivity index (χ4n) is 1.89. The molecule has 1 aromatic heterocycles. The molecule has 1 amide bonds. The van der Waals surface area contributed by atoms with Gasteiger partial charge in [-0.1, -0.05) is 19.1 Å². The normalized spacial score (nSPS) is 12.4. The molecule has 0 radical (unpaired) electrons. The third-order valence-corrected chi connectivity index (χ3v) is 3.33. The van der Waals surface area contributed by atoms with E-state index in [1.807, 2.05) is 38.2 Å². The van der Waals surface area contributed by atoms with Crippen molar-refractivity contribution < 1.29 is 4.79 Å². The van der Waals surface area contributed by atoms with Crippen LogP contribution in [0, 0.1) is 5.92 Å². The molecule has 1 aromatic carbocycles. The molecule has 2 aromatic rings. The molecule has 0 aliphatic carbocycles. The Bertz CT molecular complexity index is 600. The summed E-state index contributed by atoms with van der Waals surface area (Å²) in [7, 11) is 1.83. The quantitative estimate of drug-likeness (QED) is 0.910. The van der Waals surface area contributed by atoms with E-state index in [2.05, 4.69) is 31.5 Å². The van der Waals surface area contributed by atoms with E-state index in [1.54, 1.807) is 6.20 Å². The summed E-state index contributed by atoms with van der Waals surface area (Å²) in [4.78, 5) is 16.4. The smallest absolute Gasteiger partial charge is 0.228 e. The van der Waals surface area contributed by atoms with Gasteiger partial charge in [0.15, 0.2) is 0 Å². The minimum atomic E-state index is -0.0873. The molecule has 5 heteroatoms. The monoisotopic (exact) mass is 321 g/mol. The number of rotatable bonds is 4. The lowest BCUT2D eigenvalue weighted by Gasteiger charge is -2.12. The summed E-state index contributed by atoms with van der Waals surface area (Å²) in [5, 5.41) is 6.92. The number of hydrogen-bond acceptors (Lipinski definition) is 3. The number of para-hydroxylation sites is 1. The Morgan fingerprint density at radius 3 is 3.00 bits per heavy atom. The Labute approximate surface area is 120 Å². The van der Waals surface area contributed by atoms with Gasteiger partial charge in [0.1, 0.15) is 0 Å². The van der Waals surface area contributed by atoms with E-state index in [1.165, 1.54) is 0 Å². The zero-order valence-corrected chi connectivity index (χ0v) is 12.5. The van der Waals surface area contributed by atoms with Crippen molar-refractivity contribution in [1.29, 1.82) is 0 Å². The van der Waals surface area contributed by atoms with Gasteiger partial charge in [-0.05, 0) is 35.1 Å². The predicted octanol–water partition coefficient (Wildman–Crippen LogP) is 2.79. The zero-order chi connectivity index (χ0) is 13.8. The van der Waals surface area contributed by atoms with Gasteiger partial charge < -0.3 is 10.6 Å². The lowest BCUT2D eigenvalue weighted by molar-refractivity contribution is -0.119. The fraction of sp³-hybridized carbons (Fsp3) is 0.286. The largest absolute Gasteiger partial charge is 0.324 e. The summed E-state index contributed by atoms with van der Waals surface area (Å²) in [6.45, 7) is 2.54. The molecule has 0 aliphatic heterocycles. The third kappa shape index (κ3) is 3.30. The van der Waals surface area contributed by atoms with Gasteiger partial charge in [-0.15, -0.1) is 0 Å². The van der Waals surface area contributed by atoms with E-state index in [0.29, 0.717) is 6.54 Å². The van der Waals surface area contributed by atoms with Gasteiger partial charge in [0.25, 0.3) is 0 Å². The van der Waals surface area contributed by atoms with Crippen molar-refractivity contribution >= 4 is 38.4 Å². The van der Waals surface area contributed by atoms with Crippen LogP contribution in [0.5, 0.6) is 0 Å². The van der Waals surface area contributed by atoms with E-state index in [9.17, 15) is 4.79 Å². The molecule has 2 N–H and O–H groups in total. The summed E-state index contributed by atoms with van der Waals surface area (Å²) >= 11 is 3.39. The predicted molar refractivity (Wildman–Crippen MR) is 81.2 cm³/mol. The highest BCUT2D eigenvalue weighted by atomic mass is 79.9. The minimum absolute atomic E-state index is 0.00781. The number of aromatic nitrogens is 1. The fourth-order valence-corrected chi connectivity index (χ4v) is 2.24. The van der Waals surface area contributed by atoms with Crippen molar-refractivity contribution in [2.45, 2.75) is 6.92 Å². The molecular weight excluding hydrogens is 306 g/mol. The first-order valence-electron chi connectivity index (χ1n) is 6.11. The Hall–Kier alpha value is -1.46. The second-order valence-corrected chi connectivity index (χ2v) is 5.39. The number of amides is 1. The molecule has 2 rings (SSSR count). The molecule has 100 valence electrons. The van der Waals surface area contributed by atoms with Gasteiger partial charge in [-0.2, -0.15) is 0 Å². The van der Waals surface area contributed by atoms with Crippen molar-refractivity contribution in [3.05, 3.63) is 34.9 Å². The summed E-state index contributed by atoms with van der Waals surface area (Å²) < 4.78 is 0.923. The third-order valence-electron chi connectivity index (χ3n) is 2.89. The first-order chi connectivity index (χ1) is 9.11. The number of hydrogen-bond donors (Lipinski definition) is 2. The molecule has 19 heavy (non-hydrogen) atoms. The maximum absolute atomic E-state index is 12.0. The summed E-state index contributed by atoms with van der Waals surface area (Å²) in [5.74, 6) is -0.0951. The number of fused-ring (bicyclic) bond motifs is 1. The average Bonchev–Trinajstić information content (AvgIpc) is 2.38. The number of nitrogens with one attached hydrogen (secondary N) is 2. The zero-order valence-electron chi connectivity index (χ0n) is 10.9. The number of benzene rings is 1. The van der Waals surface area contributed by atoms with Crippen molar-refractivity contribution in [3.8, 4) is 0 Å². The van der Waals surface area contributed by atoms with Crippen molar-refractivity contribution in [2.75, 3.05) is 18.9 Å². The van der Waals surface area contributed by atoms with Gasteiger partial charge in [-0.25, -0.2) is 0 Å². The van der Waals surface area contributed by atoms with Gasteiger partial charge >= 0.3 is 0 Å². The Morgan fingerprint density at radius 1 is 1.47 bits per heavy atom. The number of anilines is 1. The second-order valence-electron chi connectivity index (χ2n) is 4.48. The van der Waals surface area contributed by atoms with Crippen LogP contribution in [0.1, 0.15) is 6.92 Å². The SMILES string of the molecule is CNCC(C)C(=O)Nc1cccc2cc(Br)cnc12. The van der Waals surface area contributed by atoms with E-state index < -0.39 is 0 Å². The van der Waals surface area contributed by atoms with Crippen LogP contribution in [0.3, 0.4) is 0 Å². The Morgan fingerprint density at radius 2 is 2.26 bits per heavy atom. The molecular formula is C14H16BrN3O. The van der Waals surface area contributed by atoms with Crippen LogP contribution < -0.4 is 10.6 Å². The van der Waals surface area contributed by atoms with Crippen molar-refractivity contribution in [2.24, 2.45) is 5.92 Å². The number of pyridine rings is 1. The van der Waals surface area contributed by atoms with Crippen LogP contribution in [0.15, 0.2) is 34.9 Å². The average molecular weight is 322 g/mol. The van der Waals surface area contributed by atoms with Crippen molar-refractivity contribution in [3.63, 3.8) is 0 Å².